The number of hydrogen-bond acceptors (Lipinski definition) is 3. The molecule has 0 amide bonds. The van der Waals surface area contributed by atoms with Gasteiger partial charge >= 0.3 is 0 Å². The van der Waals surface area contributed by atoms with Crippen molar-refractivity contribution in [2.24, 2.45) is 5.73 Å². The Morgan fingerprint density at radius 1 is 1.21 bits per heavy atom. The summed E-state index contributed by atoms with van der Waals surface area (Å²) in [5, 5.41) is 0. The van der Waals surface area contributed by atoms with E-state index in [2.05, 4.69) is 54.3 Å². The largest absolute Gasteiger partial charge is 0.336 e. The topological polar surface area (TPSA) is 47.1 Å². The minimum atomic E-state index is 0.648. The lowest BCUT2D eigenvalue weighted by Crippen LogP contribution is -2.17. The number of imidazole rings is 1. The molecule has 4 nitrogen and oxygen atoms in total. The van der Waals surface area contributed by atoms with E-state index in [-0.39, 0.29) is 0 Å². The molecule has 102 valence electrons. The molecule has 2 rings (SSSR count). The molecule has 1 heterocycles. The van der Waals surface area contributed by atoms with Crippen LogP contribution in [-0.4, -0.2) is 28.0 Å². The summed E-state index contributed by atoms with van der Waals surface area (Å²) in [6, 6.07) is 8.66. The van der Waals surface area contributed by atoms with Crippen molar-refractivity contribution in [3.63, 3.8) is 0 Å². The van der Waals surface area contributed by atoms with Crippen molar-refractivity contribution in [1.82, 2.24) is 14.5 Å². The first-order valence-corrected chi connectivity index (χ1v) is 6.62. The highest BCUT2D eigenvalue weighted by Crippen LogP contribution is 2.08. The quantitative estimate of drug-likeness (QED) is 0.859. The monoisotopic (exact) mass is 258 g/mol. The number of nitrogens with zero attached hydrogens (tertiary/aromatic N) is 3. The van der Waals surface area contributed by atoms with Crippen molar-refractivity contribution in [3.8, 4) is 0 Å². The molecule has 0 saturated carbocycles. The van der Waals surface area contributed by atoms with Crippen LogP contribution in [0, 0.1) is 6.92 Å². The number of nitrogens with two attached hydrogens (primary N) is 1. The van der Waals surface area contributed by atoms with Crippen LogP contribution in [0.5, 0.6) is 0 Å². The van der Waals surface area contributed by atoms with Gasteiger partial charge in [-0.2, -0.15) is 0 Å². The summed E-state index contributed by atoms with van der Waals surface area (Å²) in [4.78, 5) is 6.66. The van der Waals surface area contributed by atoms with Crippen LogP contribution in [0.4, 0.5) is 0 Å². The molecule has 0 aliphatic rings. The maximum absolute atomic E-state index is 5.53. The predicted octanol–water partition coefficient (Wildman–Crippen LogP) is 1.78. The van der Waals surface area contributed by atoms with E-state index in [0.717, 1.165) is 25.3 Å². The Kier molecular flexibility index (Phi) is 4.71. The fourth-order valence-corrected chi connectivity index (χ4v) is 2.10. The second kappa shape index (κ2) is 6.50. The van der Waals surface area contributed by atoms with Crippen LogP contribution in [0.3, 0.4) is 0 Å². The zero-order chi connectivity index (χ0) is 13.7. The predicted molar refractivity (Wildman–Crippen MR) is 77.6 cm³/mol. The lowest BCUT2D eigenvalue weighted by atomic mass is 10.1. The molecule has 0 unspecified atom stereocenters. The summed E-state index contributed by atoms with van der Waals surface area (Å²) >= 11 is 0. The molecule has 0 fully saturated rings. The summed E-state index contributed by atoms with van der Waals surface area (Å²) in [5.41, 5.74) is 9.24. The van der Waals surface area contributed by atoms with Crippen LogP contribution in [0.1, 0.15) is 16.8 Å². The molecule has 0 aliphatic heterocycles. The van der Waals surface area contributed by atoms with Gasteiger partial charge in [0.15, 0.2) is 0 Å². The van der Waals surface area contributed by atoms with Gasteiger partial charge < -0.3 is 10.3 Å². The van der Waals surface area contributed by atoms with Gasteiger partial charge in [0.2, 0.25) is 0 Å². The summed E-state index contributed by atoms with van der Waals surface area (Å²) in [5.74, 6) is 0. The van der Waals surface area contributed by atoms with Crippen LogP contribution in [0.25, 0.3) is 0 Å². The molecule has 19 heavy (non-hydrogen) atoms. The third kappa shape index (κ3) is 4.19. The van der Waals surface area contributed by atoms with Crippen LogP contribution >= 0.6 is 0 Å². The highest BCUT2D eigenvalue weighted by atomic mass is 15.1. The van der Waals surface area contributed by atoms with Gasteiger partial charge in [0, 0.05) is 32.4 Å². The Morgan fingerprint density at radius 3 is 2.63 bits per heavy atom. The molecule has 0 radical (unpaired) electrons. The third-order valence-electron chi connectivity index (χ3n) is 3.08. The highest BCUT2D eigenvalue weighted by molar-refractivity contribution is 5.21. The average Bonchev–Trinajstić information content (AvgIpc) is 2.80. The molecule has 0 spiro atoms. The number of aryl methyl sites for hydroxylation is 1. The maximum Gasteiger partial charge on any atom is 0.0950 e. The lowest BCUT2D eigenvalue weighted by Gasteiger charge is -2.15. The second-order valence-electron chi connectivity index (χ2n) is 5.05. The van der Waals surface area contributed by atoms with Crippen molar-refractivity contribution in [2.75, 3.05) is 13.6 Å². The number of hydrogen-bond donors (Lipinski definition) is 1. The van der Waals surface area contributed by atoms with E-state index >= 15 is 0 Å². The Bertz CT molecular complexity index is 501. The zero-order valence-electron chi connectivity index (χ0n) is 11.7. The Morgan fingerprint density at radius 2 is 1.95 bits per heavy atom. The van der Waals surface area contributed by atoms with Crippen molar-refractivity contribution >= 4 is 0 Å². The average molecular weight is 258 g/mol. The first kappa shape index (κ1) is 13.8. The van der Waals surface area contributed by atoms with E-state index < -0.39 is 0 Å². The minimum absolute atomic E-state index is 0.648. The van der Waals surface area contributed by atoms with Crippen molar-refractivity contribution in [3.05, 3.63) is 53.6 Å². The molecule has 0 bridgehead atoms. The van der Waals surface area contributed by atoms with Gasteiger partial charge in [-0.3, -0.25) is 4.90 Å². The summed E-state index contributed by atoms with van der Waals surface area (Å²) in [7, 11) is 2.11. The van der Waals surface area contributed by atoms with Crippen LogP contribution in [0.15, 0.2) is 36.8 Å². The fraction of sp³-hybridized carbons (Fsp3) is 0.400. The Balaban J connectivity index is 1.89. The van der Waals surface area contributed by atoms with Gasteiger partial charge in [-0.05, 0) is 19.5 Å². The maximum atomic E-state index is 5.53. The van der Waals surface area contributed by atoms with E-state index in [1.165, 1.54) is 11.1 Å². The Hall–Kier alpha value is -1.65. The standard InChI is InChI=1S/C15H22N4/c1-13-3-5-14(6-4-13)9-18(2)10-15-11-19(8-7-16)12-17-15/h3-6,11-12H,7-10,16H2,1-2H3. The first-order chi connectivity index (χ1) is 9.17. The van der Waals surface area contributed by atoms with E-state index in [4.69, 9.17) is 5.73 Å². The lowest BCUT2D eigenvalue weighted by molar-refractivity contribution is 0.315. The van der Waals surface area contributed by atoms with Gasteiger partial charge in [0.05, 0.1) is 12.0 Å². The van der Waals surface area contributed by atoms with Gasteiger partial charge in [0.25, 0.3) is 0 Å². The van der Waals surface area contributed by atoms with Crippen LogP contribution < -0.4 is 5.73 Å². The molecule has 0 atom stereocenters. The molecular weight excluding hydrogens is 236 g/mol. The van der Waals surface area contributed by atoms with Crippen molar-refractivity contribution in [1.29, 1.82) is 0 Å². The molecule has 4 heteroatoms. The second-order valence-corrected chi connectivity index (χ2v) is 5.05. The summed E-state index contributed by atoms with van der Waals surface area (Å²) in [6.45, 7) is 5.37. The number of aromatic nitrogens is 2. The fourth-order valence-electron chi connectivity index (χ4n) is 2.10. The van der Waals surface area contributed by atoms with E-state index in [0.29, 0.717) is 6.54 Å². The van der Waals surface area contributed by atoms with Gasteiger partial charge in [0.1, 0.15) is 0 Å². The summed E-state index contributed by atoms with van der Waals surface area (Å²) in [6.07, 6.45) is 3.92. The molecule has 1 aromatic heterocycles. The molecule has 2 N–H and O–H groups in total. The molecular formula is C15H22N4. The normalized spacial score (nSPS) is 11.2. The van der Waals surface area contributed by atoms with Crippen LogP contribution in [-0.2, 0) is 19.6 Å². The first-order valence-electron chi connectivity index (χ1n) is 6.62. The molecule has 0 aliphatic carbocycles. The van der Waals surface area contributed by atoms with E-state index in [1.807, 2.05) is 10.9 Å². The highest BCUT2D eigenvalue weighted by Gasteiger charge is 2.04. The van der Waals surface area contributed by atoms with E-state index in [9.17, 15) is 0 Å². The van der Waals surface area contributed by atoms with Crippen molar-refractivity contribution < 1.29 is 0 Å². The SMILES string of the molecule is Cc1ccc(CN(C)Cc2cn(CCN)cn2)cc1. The molecule has 2 aromatic rings. The third-order valence-corrected chi connectivity index (χ3v) is 3.08. The number of benzene rings is 1. The van der Waals surface area contributed by atoms with Gasteiger partial charge in [-0.15, -0.1) is 0 Å². The molecule has 1 aromatic carbocycles. The molecule has 0 saturated heterocycles. The van der Waals surface area contributed by atoms with Gasteiger partial charge in [-0.1, -0.05) is 29.8 Å². The van der Waals surface area contributed by atoms with Gasteiger partial charge in [-0.25, -0.2) is 4.98 Å². The minimum Gasteiger partial charge on any atom is -0.336 e. The number of rotatable bonds is 6. The Labute approximate surface area is 114 Å². The zero-order valence-corrected chi connectivity index (χ0v) is 11.7. The van der Waals surface area contributed by atoms with Crippen LogP contribution in [0.2, 0.25) is 0 Å². The van der Waals surface area contributed by atoms with Crippen molar-refractivity contribution in [2.45, 2.75) is 26.6 Å². The summed E-state index contributed by atoms with van der Waals surface area (Å²) < 4.78 is 2.04. The smallest absolute Gasteiger partial charge is 0.0950 e. The van der Waals surface area contributed by atoms with E-state index in [1.54, 1.807) is 0 Å².